The SMILES string of the molecule is c1ccc(-c2ccc3c4ccc(-c5ccccc5)cc4n(-c4ccc5sc6ccccc6c5c4)c3c2)cc1. The minimum absolute atomic E-state index is 1.19. The Kier molecular flexibility index (Phi) is 4.76. The standard InChI is InChI=1S/C36H23NS/c1-3-9-24(10-4-1)26-15-18-29-30-19-16-27(25-11-5-2-6-12-25)22-34(30)37(33(29)21-26)28-17-20-36-32(23-28)31-13-7-8-14-35(31)38-36/h1-23H. The average molecular weight is 502 g/mol. The van der Waals surface area contributed by atoms with E-state index in [9.17, 15) is 0 Å². The molecule has 8 rings (SSSR count). The Morgan fingerprint density at radius 1 is 0.368 bits per heavy atom. The number of hydrogen-bond acceptors (Lipinski definition) is 1. The molecule has 0 N–H and O–H groups in total. The summed E-state index contributed by atoms with van der Waals surface area (Å²) in [4.78, 5) is 0. The van der Waals surface area contributed by atoms with Crippen molar-refractivity contribution in [3.8, 4) is 27.9 Å². The van der Waals surface area contributed by atoms with Crippen molar-refractivity contribution in [3.05, 3.63) is 140 Å². The molecule has 0 unspecified atom stereocenters. The van der Waals surface area contributed by atoms with Gasteiger partial charge < -0.3 is 4.57 Å². The molecule has 0 radical (unpaired) electrons. The predicted molar refractivity (Wildman–Crippen MR) is 165 cm³/mol. The van der Waals surface area contributed by atoms with Gasteiger partial charge in [-0.25, -0.2) is 0 Å². The van der Waals surface area contributed by atoms with Gasteiger partial charge in [0.1, 0.15) is 0 Å². The summed E-state index contributed by atoms with van der Waals surface area (Å²) in [5.41, 5.74) is 8.57. The van der Waals surface area contributed by atoms with Crippen molar-refractivity contribution in [2.24, 2.45) is 0 Å². The van der Waals surface area contributed by atoms with Gasteiger partial charge >= 0.3 is 0 Å². The molecule has 0 spiro atoms. The fraction of sp³-hybridized carbons (Fsp3) is 0. The first-order valence-corrected chi connectivity index (χ1v) is 13.8. The van der Waals surface area contributed by atoms with E-state index in [1.54, 1.807) is 0 Å². The lowest BCUT2D eigenvalue weighted by atomic mass is 10.0. The van der Waals surface area contributed by atoms with Crippen LogP contribution in [0.2, 0.25) is 0 Å². The van der Waals surface area contributed by atoms with Crippen LogP contribution in [-0.2, 0) is 0 Å². The van der Waals surface area contributed by atoms with Crippen LogP contribution in [0.15, 0.2) is 140 Å². The Bertz CT molecular complexity index is 2020. The van der Waals surface area contributed by atoms with E-state index < -0.39 is 0 Å². The molecule has 0 aliphatic heterocycles. The predicted octanol–water partition coefficient (Wildman–Crippen LogP) is 10.5. The van der Waals surface area contributed by atoms with E-state index in [0.717, 1.165) is 0 Å². The summed E-state index contributed by atoms with van der Waals surface area (Å²) in [6.07, 6.45) is 0. The first kappa shape index (κ1) is 21.4. The summed E-state index contributed by atoms with van der Waals surface area (Å²) in [5.74, 6) is 0. The van der Waals surface area contributed by atoms with Crippen molar-refractivity contribution in [2.75, 3.05) is 0 Å². The van der Waals surface area contributed by atoms with E-state index in [1.165, 1.54) is 69.9 Å². The first-order chi connectivity index (χ1) is 18.8. The molecule has 0 amide bonds. The summed E-state index contributed by atoms with van der Waals surface area (Å²) in [6.45, 7) is 0. The Labute approximate surface area is 224 Å². The highest BCUT2D eigenvalue weighted by Gasteiger charge is 2.16. The number of thiophene rings is 1. The van der Waals surface area contributed by atoms with Crippen LogP contribution in [0.25, 0.3) is 69.9 Å². The van der Waals surface area contributed by atoms with Gasteiger partial charge in [0, 0.05) is 36.6 Å². The van der Waals surface area contributed by atoms with Gasteiger partial charge in [0.25, 0.3) is 0 Å². The zero-order valence-electron chi connectivity index (χ0n) is 20.6. The average Bonchev–Trinajstić information content (AvgIpc) is 3.52. The molecule has 0 aliphatic rings. The monoisotopic (exact) mass is 501 g/mol. The summed E-state index contributed by atoms with van der Waals surface area (Å²) in [6, 6.07) is 50.8. The zero-order chi connectivity index (χ0) is 25.1. The topological polar surface area (TPSA) is 4.93 Å². The maximum absolute atomic E-state index is 2.45. The second kappa shape index (κ2) is 8.44. The molecule has 0 atom stereocenters. The van der Waals surface area contributed by atoms with Crippen LogP contribution < -0.4 is 0 Å². The van der Waals surface area contributed by atoms with Gasteiger partial charge in [-0.05, 0) is 58.7 Å². The molecule has 0 saturated carbocycles. The number of rotatable bonds is 3. The van der Waals surface area contributed by atoms with Crippen molar-refractivity contribution < 1.29 is 0 Å². The van der Waals surface area contributed by atoms with Gasteiger partial charge in [-0.1, -0.05) is 103 Å². The second-order valence-corrected chi connectivity index (χ2v) is 10.9. The van der Waals surface area contributed by atoms with E-state index in [2.05, 4.69) is 144 Å². The molecular weight excluding hydrogens is 478 g/mol. The lowest BCUT2D eigenvalue weighted by molar-refractivity contribution is 1.19. The molecule has 0 aliphatic carbocycles. The molecule has 2 aromatic heterocycles. The van der Waals surface area contributed by atoms with E-state index in [-0.39, 0.29) is 0 Å². The molecule has 8 aromatic rings. The number of fused-ring (bicyclic) bond motifs is 6. The van der Waals surface area contributed by atoms with Gasteiger partial charge in [0.2, 0.25) is 0 Å². The van der Waals surface area contributed by atoms with Crippen LogP contribution >= 0.6 is 11.3 Å². The summed E-state index contributed by atoms with van der Waals surface area (Å²) < 4.78 is 5.11. The zero-order valence-corrected chi connectivity index (χ0v) is 21.5. The Balaban J connectivity index is 1.46. The molecule has 38 heavy (non-hydrogen) atoms. The number of hydrogen-bond donors (Lipinski definition) is 0. The molecular formula is C36H23NS. The minimum atomic E-state index is 1.19. The third kappa shape index (κ3) is 3.31. The number of benzene rings is 6. The summed E-state index contributed by atoms with van der Waals surface area (Å²) in [7, 11) is 0. The van der Waals surface area contributed by atoms with E-state index in [4.69, 9.17) is 0 Å². The fourth-order valence-corrected chi connectivity index (χ4v) is 6.86. The smallest absolute Gasteiger partial charge is 0.0547 e. The van der Waals surface area contributed by atoms with Crippen LogP contribution in [0.4, 0.5) is 0 Å². The third-order valence-electron chi connectivity index (χ3n) is 7.60. The maximum Gasteiger partial charge on any atom is 0.0547 e. The van der Waals surface area contributed by atoms with Crippen molar-refractivity contribution in [1.82, 2.24) is 4.57 Å². The van der Waals surface area contributed by atoms with Crippen molar-refractivity contribution in [2.45, 2.75) is 0 Å². The van der Waals surface area contributed by atoms with Gasteiger partial charge in [-0.2, -0.15) is 0 Å². The van der Waals surface area contributed by atoms with Crippen LogP contribution in [0.1, 0.15) is 0 Å². The van der Waals surface area contributed by atoms with E-state index in [1.807, 2.05) is 11.3 Å². The van der Waals surface area contributed by atoms with Crippen molar-refractivity contribution in [1.29, 1.82) is 0 Å². The highest BCUT2D eigenvalue weighted by molar-refractivity contribution is 7.25. The lowest BCUT2D eigenvalue weighted by Gasteiger charge is -2.10. The number of aromatic nitrogens is 1. The summed E-state index contributed by atoms with van der Waals surface area (Å²) in [5, 5.41) is 5.19. The Hall–Kier alpha value is -4.66. The molecule has 178 valence electrons. The Morgan fingerprint density at radius 3 is 1.55 bits per heavy atom. The highest BCUT2D eigenvalue weighted by Crippen LogP contribution is 2.39. The van der Waals surface area contributed by atoms with Crippen LogP contribution in [0, 0.1) is 0 Å². The van der Waals surface area contributed by atoms with Gasteiger partial charge in [-0.3, -0.25) is 0 Å². The van der Waals surface area contributed by atoms with Crippen molar-refractivity contribution in [3.63, 3.8) is 0 Å². The first-order valence-electron chi connectivity index (χ1n) is 12.9. The maximum atomic E-state index is 2.45. The van der Waals surface area contributed by atoms with Gasteiger partial charge in [0.15, 0.2) is 0 Å². The quantitative estimate of drug-likeness (QED) is 0.227. The molecule has 6 aromatic carbocycles. The van der Waals surface area contributed by atoms with E-state index >= 15 is 0 Å². The fourth-order valence-electron chi connectivity index (χ4n) is 5.77. The number of nitrogens with zero attached hydrogens (tertiary/aromatic N) is 1. The van der Waals surface area contributed by atoms with Crippen LogP contribution in [-0.4, -0.2) is 4.57 Å². The van der Waals surface area contributed by atoms with Gasteiger partial charge in [0.05, 0.1) is 11.0 Å². The molecule has 2 heteroatoms. The third-order valence-corrected chi connectivity index (χ3v) is 8.75. The van der Waals surface area contributed by atoms with E-state index in [0.29, 0.717) is 0 Å². The molecule has 2 heterocycles. The van der Waals surface area contributed by atoms with Crippen LogP contribution in [0.5, 0.6) is 0 Å². The Morgan fingerprint density at radius 2 is 0.921 bits per heavy atom. The summed E-state index contributed by atoms with van der Waals surface area (Å²) >= 11 is 1.87. The molecule has 0 fully saturated rings. The van der Waals surface area contributed by atoms with Crippen LogP contribution in [0.3, 0.4) is 0 Å². The highest BCUT2D eigenvalue weighted by atomic mass is 32.1. The normalized spacial score (nSPS) is 11.7. The van der Waals surface area contributed by atoms with Crippen molar-refractivity contribution >= 4 is 53.3 Å². The largest absolute Gasteiger partial charge is 0.309 e. The molecule has 0 bridgehead atoms. The van der Waals surface area contributed by atoms with Gasteiger partial charge in [-0.15, -0.1) is 11.3 Å². The minimum Gasteiger partial charge on any atom is -0.309 e. The second-order valence-electron chi connectivity index (χ2n) is 9.81. The molecule has 1 nitrogen and oxygen atoms in total. The molecule has 0 saturated heterocycles. The lowest BCUT2D eigenvalue weighted by Crippen LogP contribution is -1.94.